The highest BCUT2D eigenvalue weighted by atomic mass is 35.5. The minimum Gasteiger partial charge on any atom is -0.370 e. The first-order valence-electron chi connectivity index (χ1n) is 14.3. The van der Waals surface area contributed by atoms with Gasteiger partial charge in [0.1, 0.15) is 0 Å². The van der Waals surface area contributed by atoms with Gasteiger partial charge < -0.3 is 20.9 Å². The van der Waals surface area contributed by atoms with Crippen molar-refractivity contribution in [2.45, 2.75) is 57.0 Å². The van der Waals surface area contributed by atoms with E-state index in [4.69, 9.17) is 22.3 Å². The molecule has 1 amide bonds. The third-order valence-electron chi connectivity index (χ3n) is 7.46. The quantitative estimate of drug-likeness (QED) is 0.207. The molecular formula is C33H42ClN5O. The number of rotatable bonds is 11. The fourth-order valence-corrected chi connectivity index (χ4v) is 5.34. The molecule has 1 atom stereocenters. The number of nitrogens with two attached hydrogens (primary N) is 1. The number of hydrogen-bond acceptors (Lipinski definition) is 3. The number of carbonyl (C=O) groups is 1. The molecule has 0 spiro atoms. The lowest BCUT2D eigenvalue weighted by Gasteiger charge is -2.30. The Morgan fingerprint density at radius 2 is 1.55 bits per heavy atom. The first-order valence-corrected chi connectivity index (χ1v) is 14.7. The lowest BCUT2D eigenvalue weighted by atomic mass is 9.88. The van der Waals surface area contributed by atoms with Crippen molar-refractivity contribution in [3.63, 3.8) is 0 Å². The van der Waals surface area contributed by atoms with E-state index < -0.39 is 0 Å². The molecule has 0 bridgehead atoms. The topological polar surface area (TPSA) is 74.0 Å². The van der Waals surface area contributed by atoms with Gasteiger partial charge in [0.15, 0.2) is 5.96 Å². The summed E-state index contributed by atoms with van der Waals surface area (Å²) < 4.78 is 0. The minimum absolute atomic E-state index is 0.131. The van der Waals surface area contributed by atoms with Crippen molar-refractivity contribution in [3.05, 3.63) is 101 Å². The molecule has 40 heavy (non-hydrogen) atoms. The summed E-state index contributed by atoms with van der Waals surface area (Å²) in [5.41, 5.74) is 9.90. The zero-order chi connectivity index (χ0) is 28.3. The standard InChI is InChI=1S/C33H42ClN5O/c1-38(2)21-22-39(24-25-9-5-3-6-10-25)33(36-29-11-7-4-8-12-29)37-30-19-15-27(16-20-30)31(23-32(35)40)26-13-17-28(34)18-14-26/h3,5-6,9-10,13-20,29,31H,4,7-8,11-12,21-24H2,1-2H3,(H2,35,40)(H,36,37). The Morgan fingerprint density at radius 1 is 0.925 bits per heavy atom. The van der Waals surface area contributed by atoms with Gasteiger partial charge in [0.05, 0.1) is 6.04 Å². The Bertz CT molecular complexity index is 1220. The molecule has 1 aliphatic carbocycles. The summed E-state index contributed by atoms with van der Waals surface area (Å²) in [6, 6.07) is 26.8. The molecule has 0 aliphatic heterocycles. The SMILES string of the molecule is CN(C)CCN(Cc1ccccc1)C(=NC1CCCCC1)Nc1ccc(C(CC(N)=O)c2ccc(Cl)cc2)cc1. The number of benzene rings is 3. The molecule has 4 rings (SSSR count). The molecule has 3 N–H and O–H groups in total. The summed E-state index contributed by atoms with van der Waals surface area (Å²) >= 11 is 6.11. The highest BCUT2D eigenvalue weighted by Crippen LogP contribution is 2.30. The Morgan fingerprint density at radius 3 is 2.15 bits per heavy atom. The maximum absolute atomic E-state index is 11.9. The summed E-state index contributed by atoms with van der Waals surface area (Å²) in [7, 11) is 4.21. The fraction of sp³-hybridized carbons (Fsp3) is 0.394. The number of aliphatic imine (C=N–C) groups is 1. The predicted molar refractivity (Wildman–Crippen MR) is 167 cm³/mol. The monoisotopic (exact) mass is 559 g/mol. The normalized spacial score (nSPS) is 15.2. The first kappa shape index (κ1) is 29.6. The van der Waals surface area contributed by atoms with Crippen molar-refractivity contribution < 1.29 is 4.79 Å². The van der Waals surface area contributed by atoms with E-state index in [-0.39, 0.29) is 18.2 Å². The highest BCUT2D eigenvalue weighted by Gasteiger charge is 2.20. The van der Waals surface area contributed by atoms with Crippen LogP contribution >= 0.6 is 11.6 Å². The number of anilines is 1. The van der Waals surface area contributed by atoms with Crippen LogP contribution in [0.2, 0.25) is 5.02 Å². The molecule has 1 saturated carbocycles. The number of nitrogens with zero attached hydrogens (tertiary/aromatic N) is 3. The molecule has 0 radical (unpaired) electrons. The van der Waals surface area contributed by atoms with E-state index in [9.17, 15) is 4.79 Å². The molecule has 0 heterocycles. The van der Waals surface area contributed by atoms with Crippen molar-refractivity contribution in [1.29, 1.82) is 0 Å². The van der Waals surface area contributed by atoms with Gasteiger partial charge in [-0.2, -0.15) is 0 Å². The van der Waals surface area contributed by atoms with Crippen LogP contribution in [-0.4, -0.2) is 54.9 Å². The lowest BCUT2D eigenvalue weighted by Crippen LogP contribution is -2.41. The number of nitrogens with one attached hydrogen (secondary N) is 1. The van der Waals surface area contributed by atoms with Crippen LogP contribution in [0.5, 0.6) is 0 Å². The van der Waals surface area contributed by atoms with Crippen molar-refractivity contribution in [1.82, 2.24) is 9.80 Å². The third kappa shape index (κ3) is 9.10. The van der Waals surface area contributed by atoms with Gasteiger partial charge in [-0.3, -0.25) is 4.79 Å². The van der Waals surface area contributed by atoms with Crippen LogP contribution in [0, 0.1) is 0 Å². The maximum Gasteiger partial charge on any atom is 0.218 e. The van der Waals surface area contributed by atoms with Crippen molar-refractivity contribution in [2.75, 3.05) is 32.5 Å². The van der Waals surface area contributed by atoms with Crippen LogP contribution in [-0.2, 0) is 11.3 Å². The molecule has 0 aromatic heterocycles. The second-order valence-corrected chi connectivity index (χ2v) is 11.4. The summed E-state index contributed by atoms with van der Waals surface area (Å²) in [6.45, 7) is 2.56. The van der Waals surface area contributed by atoms with E-state index in [2.05, 4.69) is 83.8 Å². The van der Waals surface area contributed by atoms with Gasteiger partial charge in [-0.15, -0.1) is 0 Å². The molecule has 7 heteroatoms. The molecule has 3 aromatic rings. The summed E-state index contributed by atoms with van der Waals surface area (Å²) in [6.07, 6.45) is 6.26. The largest absolute Gasteiger partial charge is 0.370 e. The van der Waals surface area contributed by atoms with Gasteiger partial charge in [0.25, 0.3) is 0 Å². The summed E-state index contributed by atoms with van der Waals surface area (Å²) in [5, 5.41) is 4.34. The molecule has 6 nitrogen and oxygen atoms in total. The second kappa shape index (κ2) is 14.9. The fourth-order valence-electron chi connectivity index (χ4n) is 5.21. The van der Waals surface area contributed by atoms with Gasteiger partial charge >= 0.3 is 0 Å². The van der Waals surface area contributed by atoms with E-state index in [0.717, 1.165) is 55.2 Å². The molecular weight excluding hydrogens is 518 g/mol. The second-order valence-electron chi connectivity index (χ2n) is 11.0. The van der Waals surface area contributed by atoms with E-state index in [1.54, 1.807) is 0 Å². The smallest absolute Gasteiger partial charge is 0.218 e. The van der Waals surface area contributed by atoms with Gasteiger partial charge in [0.2, 0.25) is 5.91 Å². The third-order valence-corrected chi connectivity index (χ3v) is 7.71. The number of primary amides is 1. The minimum atomic E-state index is -0.332. The molecule has 1 aliphatic rings. The van der Waals surface area contributed by atoms with Crippen LogP contribution in [0.1, 0.15) is 61.1 Å². The van der Waals surface area contributed by atoms with Gasteiger partial charge in [-0.05, 0) is 67.9 Å². The first-order chi connectivity index (χ1) is 19.4. The molecule has 3 aromatic carbocycles. The molecule has 0 saturated heterocycles. The average Bonchev–Trinajstić information content (AvgIpc) is 2.95. The average molecular weight is 560 g/mol. The van der Waals surface area contributed by atoms with Crippen molar-refractivity contribution in [3.8, 4) is 0 Å². The zero-order valence-corrected chi connectivity index (χ0v) is 24.5. The number of carbonyl (C=O) groups excluding carboxylic acids is 1. The Labute approximate surface area is 244 Å². The molecule has 1 fully saturated rings. The van der Waals surface area contributed by atoms with E-state index in [1.807, 2.05) is 24.3 Å². The Kier molecular flexibility index (Phi) is 11.0. The zero-order valence-electron chi connectivity index (χ0n) is 23.7. The van der Waals surface area contributed by atoms with Crippen LogP contribution in [0.15, 0.2) is 83.9 Å². The Hall–Kier alpha value is -3.35. The number of likely N-dealkylation sites (N-methyl/N-ethyl adjacent to an activating group) is 1. The van der Waals surface area contributed by atoms with Gasteiger partial charge in [-0.1, -0.05) is 85.5 Å². The number of halogens is 1. The van der Waals surface area contributed by atoms with Crippen LogP contribution in [0.4, 0.5) is 5.69 Å². The summed E-state index contributed by atoms with van der Waals surface area (Å²) in [5.74, 6) is 0.451. The van der Waals surface area contributed by atoms with E-state index >= 15 is 0 Å². The number of hydrogen-bond donors (Lipinski definition) is 2. The molecule has 1 unspecified atom stereocenters. The lowest BCUT2D eigenvalue weighted by molar-refractivity contribution is -0.118. The number of guanidine groups is 1. The number of amides is 1. The highest BCUT2D eigenvalue weighted by molar-refractivity contribution is 6.30. The van der Waals surface area contributed by atoms with E-state index in [0.29, 0.717) is 11.1 Å². The summed E-state index contributed by atoms with van der Waals surface area (Å²) in [4.78, 5) is 21.8. The Balaban J connectivity index is 1.61. The van der Waals surface area contributed by atoms with Gasteiger partial charge in [0, 0.05) is 42.7 Å². The van der Waals surface area contributed by atoms with E-state index in [1.165, 1.54) is 24.8 Å². The van der Waals surface area contributed by atoms with Crippen LogP contribution < -0.4 is 11.1 Å². The predicted octanol–water partition coefficient (Wildman–Crippen LogP) is 6.51. The van der Waals surface area contributed by atoms with Crippen molar-refractivity contribution in [2.24, 2.45) is 10.7 Å². The maximum atomic E-state index is 11.9. The van der Waals surface area contributed by atoms with Gasteiger partial charge in [-0.25, -0.2) is 4.99 Å². The van der Waals surface area contributed by atoms with Crippen molar-refractivity contribution >= 4 is 29.2 Å². The van der Waals surface area contributed by atoms with Crippen LogP contribution in [0.25, 0.3) is 0 Å². The van der Waals surface area contributed by atoms with Crippen LogP contribution in [0.3, 0.4) is 0 Å². The molecule has 212 valence electrons.